The first-order chi connectivity index (χ1) is 12.1. The number of nitrogens with zero attached hydrogens (tertiary/aromatic N) is 3. The van der Waals surface area contributed by atoms with Gasteiger partial charge in [0.05, 0.1) is 10.7 Å². The van der Waals surface area contributed by atoms with Crippen LogP contribution in [0.3, 0.4) is 0 Å². The Morgan fingerprint density at radius 2 is 2.08 bits per heavy atom. The first kappa shape index (κ1) is 17.2. The third-order valence-electron chi connectivity index (χ3n) is 3.55. The van der Waals surface area contributed by atoms with Crippen molar-refractivity contribution in [1.29, 1.82) is 0 Å². The van der Waals surface area contributed by atoms with Gasteiger partial charge in [-0.25, -0.2) is 0 Å². The molecule has 1 amide bonds. The van der Waals surface area contributed by atoms with Crippen LogP contribution in [0.2, 0.25) is 0 Å². The Balaban J connectivity index is 1.79. The zero-order valence-corrected chi connectivity index (χ0v) is 15.2. The van der Waals surface area contributed by atoms with Crippen molar-refractivity contribution >= 4 is 21.8 Å². The lowest BCUT2D eigenvalue weighted by Crippen LogP contribution is -2.30. The molecular weight excluding hydrogens is 386 g/mol. The summed E-state index contributed by atoms with van der Waals surface area (Å²) in [7, 11) is 0. The number of furan rings is 1. The highest BCUT2D eigenvalue weighted by molar-refractivity contribution is 9.10. The maximum atomic E-state index is 12.6. The molecule has 1 aromatic carbocycles. The molecule has 0 radical (unpaired) electrons. The van der Waals surface area contributed by atoms with E-state index >= 15 is 0 Å². The number of rotatable bonds is 6. The van der Waals surface area contributed by atoms with Crippen LogP contribution in [-0.4, -0.2) is 27.5 Å². The van der Waals surface area contributed by atoms with Gasteiger partial charge in [-0.1, -0.05) is 41.1 Å². The molecule has 0 spiro atoms. The maximum absolute atomic E-state index is 12.6. The van der Waals surface area contributed by atoms with Crippen molar-refractivity contribution in [3.63, 3.8) is 0 Å². The minimum absolute atomic E-state index is 0.164. The van der Waals surface area contributed by atoms with Crippen LogP contribution in [0.1, 0.15) is 22.0 Å². The molecule has 0 atom stereocenters. The molecule has 2 aromatic heterocycles. The van der Waals surface area contributed by atoms with Gasteiger partial charge in [-0.3, -0.25) is 4.79 Å². The van der Waals surface area contributed by atoms with Gasteiger partial charge in [-0.05, 0) is 28.9 Å². The molecule has 0 aliphatic heterocycles. The van der Waals surface area contributed by atoms with Gasteiger partial charge in [-0.15, -0.1) is 6.58 Å². The molecule has 0 aliphatic rings. The fraction of sp³-hybridized carbons (Fsp3) is 0.167. The summed E-state index contributed by atoms with van der Waals surface area (Å²) in [4.78, 5) is 18.5. The fourth-order valence-electron chi connectivity index (χ4n) is 2.27. The van der Waals surface area contributed by atoms with E-state index in [-0.39, 0.29) is 18.2 Å². The summed E-state index contributed by atoms with van der Waals surface area (Å²) < 4.78 is 11.1. The van der Waals surface area contributed by atoms with E-state index in [1.165, 1.54) is 11.2 Å². The number of hydrogen-bond donors (Lipinski definition) is 0. The van der Waals surface area contributed by atoms with Gasteiger partial charge in [0.1, 0.15) is 6.54 Å². The molecule has 2 heterocycles. The molecule has 128 valence electrons. The van der Waals surface area contributed by atoms with Crippen molar-refractivity contribution in [2.45, 2.75) is 13.5 Å². The van der Waals surface area contributed by atoms with Gasteiger partial charge in [0.25, 0.3) is 5.91 Å². The van der Waals surface area contributed by atoms with Crippen LogP contribution >= 0.6 is 15.9 Å². The van der Waals surface area contributed by atoms with Gasteiger partial charge in [0.2, 0.25) is 17.5 Å². The average Bonchev–Trinajstić information content (AvgIpc) is 3.24. The van der Waals surface area contributed by atoms with Crippen LogP contribution in [0.5, 0.6) is 0 Å². The highest BCUT2D eigenvalue weighted by Gasteiger charge is 2.23. The summed E-state index contributed by atoms with van der Waals surface area (Å²) in [6.45, 7) is 6.19. The highest BCUT2D eigenvalue weighted by Crippen LogP contribution is 2.21. The monoisotopic (exact) mass is 401 g/mol. The van der Waals surface area contributed by atoms with Crippen molar-refractivity contribution in [3.8, 4) is 11.4 Å². The van der Waals surface area contributed by atoms with Crippen LogP contribution < -0.4 is 0 Å². The Morgan fingerprint density at radius 1 is 1.32 bits per heavy atom. The summed E-state index contributed by atoms with van der Waals surface area (Å²) in [5.41, 5.74) is 2.01. The topological polar surface area (TPSA) is 72.4 Å². The number of amides is 1. The predicted molar refractivity (Wildman–Crippen MR) is 95.8 cm³/mol. The van der Waals surface area contributed by atoms with Gasteiger partial charge in [0.15, 0.2) is 0 Å². The standard InChI is InChI=1S/C18H16BrN3O3/c1-3-9-22(18(23)16-14(19)8-10-24-16)11-15-20-17(21-25-15)13-6-4-12(2)5-7-13/h3-8,10H,1,9,11H2,2H3. The number of carbonyl (C=O) groups is 1. The minimum Gasteiger partial charge on any atom is -0.458 e. The Labute approximate surface area is 153 Å². The predicted octanol–water partition coefficient (Wildman–Crippen LogP) is 4.23. The Morgan fingerprint density at radius 3 is 2.72 bits per heavy atom. The van der Waals surface area contributed by atoms with E-state index in [2.05, 4.69) is 32.6 Å². The van der Waals surface area contributed by atoms with Crippen LogP contribution in [0.4, 0.5) is 0 Å². The molecule has 0 unspecified atom stereocenters. The van der Waals surface area contributed by atoms with Crippen molar-refractivity contribution in [1.82, 2.24) is 15.0 Å². The lowest BCUT2D eigenvalue weighted by Gasteiger charge is -2.17. The molecule has 0 saturated heterocycles. The second kappa shape index (κ2) is 7.48. The summed E-state index contributed by atoms with van der Waals surface area (Å²) in [6, 6.07) is 9.48. The normalized spacial score (nSPS) is 10.6. The molecule has 0 bridgehead atoms. The molecule has 0 fully saturated rings. The number of halogens is 1. The molecule has 25 heavy (non-hydrogen) atoms. The van der Waals surface area contributed by atoms with E-state index in [1.54, 1.807) is 12.1 Å². The number of aromatic nitrogens is 2. The van der Waals surface area contributed by atoms with Crippen molar-refractivity contribution in [2.24, 2.45) is 0 Å². The summed E-state index contributed by atoms with van der Waals surface area (Å²) in [6.07, 6.45) is 3.08. The fourth-order valence-corrected chi connectivity index (χ4v) is 2.64. The zero-order chi connectivity index (χ0) is 17.8. The van der Waals surface area contributed by atoms with E-state index in [9.17, 15) is 4.79 Å². The Bertz CT molecular complexity index is 883. The van der Waals surface area contributed by atoms with Gasteiger partial charge < -0.3 is 13.8 Å². The summed E-state index contributed by atoms with van der Waals surface area (Å²) >= 11 is 3.29. The number of aryl methyl sites for hydroxylation is 1. The van der Waals surface area contributed by atoms with Crippen molar-refractivity contribution < 1.29 is 13.7 Å². The SMILES string of the molecule is C=CCN(Cc1nc(-c2ccc(C)cc2)no1)C(=O)c1occc1Br. The van der Waals surface area contributed by atoms with E-state index in [0.29, 0.717) is 22.7 Å². The van der Waals surface area contributed by atoms with E-state index in [4.69, 9.17) is 8.94 Å². The lowest BCUT2D eigenvalue weighted by molar-refractivity contribution is 0.0712. The van der Waals surface area contributed by atoms with Crippen molar-refractivity contribution in [3.05, 3.63) is 70.9 Å². The van der Waals surface area contributed by atoms with Crippen LogP contribution in [0.25, 0.3) is 11.4 Å². The number of benzene rings is 1. The van der Waals surface area contributed by atoms with Crippen LogP contribution in [0.15, 0.2) is 62.7 Å². The lowest BCUT2D eigenvalue weighted by atomic mass is 10.1. The van der Waals surface area contributed by atoms with E-state index in [0.717, 1.165) is 11.1 Å². The second-order valence-corrected chi connectivity index (χ2v) is 6.30. The second-order valence-electron chi connectivity index (χ2n) is 5.45. The van der Waals surface area contributed by atoms with Crippen LogP contribution in [0, 0.1) is 6.92 Å². The largest absolute Gasteiger partial charge is 0.458 e. The maximum Gasteiger partial charge on any atom is 0.291 e. The summed E-state index contributed by atoms with van der Waals surface area (Å²) in [5, 5.41) is 3.99. The van der Waals surface area contributed by atoms with E-state index < -0.39 is 0 Å². The average molecular weight is 402 g/mol. The number of carbonyl (C=O) groups excluding carboxylic acids is 1. The quantitative estimate of drug-likeness (QED) is 0.577. The minimum atomic E-state index is -0.285. The third kappa shape index (κ3) is 3.88. The van der Waals surface area contributed by atoms with Gasteiger partial charge in [-0.2, -0.15) is 4.98 Å². The first-order valence-corrected chi connectivity index (χ1v) is 8.40. The molecule has 0 aliphatic carbocycles. The molecule has 6 nitrogen and oxygen atoms in total. The molecule has 0 saturated carbocycles. The van der Waals surface area contributed by atoms with Gasteiger partial charge >= 0.3 is 0 Å². The Kier molecular flexibility index (Phi) is 5.14. The molecule has 0 N–H and O–H groups in total. The zero-order valence-electron chi connectivity index (χ0n) is 13.6. The molecule has 3 rings (SSSR count). The number of hydrogen-bond acceptors (Lipinski definition) is 5. The highest BCUT2D eigenvalue weighted by atomic mass is 79.9. The smallest absolute Gasteiger partial charge is 0.291 e. The van der Waals surface area contributed by atoms with E-state index in [1.807, 2.05) is 31.2 Å². The third-order valence-corrected chi connectivity index (χ3v) is 4.18. The first-order valence-electron chi connectivity index (χ1n) is 7.61. The summed E-state index contributed by atoms with van der Waals surface area (Å²) in [5.74, 6) is 0.764. The molecule has 7 heteroatoms. The molecule has 3 aromatic rings. The van der Waals surface area contributed by atoms with Crippen molar-refractivity contribution in [2.75, 3.05) is 6.54 Å². The Hall–Kier alpha value is -2.67. The van der Waals surface area contributed by atoms with Gasteiger partial charge in [0, 0.05) is 12.1 Å². The molecular formula is C18H16BrN3O3. The van der Waals surface area contributed by atoms with Crippen LogP contribution in [-0.2, 0) is 6.54 Å².